The van der Waals surface area contributed by atoms with E-state index in [1.54, 1.807) is 7.05 Å². The second-order valence-electron chi connectivity index (χ2n) is 6.51. The highest BCUT2D eigenvalue weighted by Gasteiger charge is 2.10. The van der Waals surface area contributed by atoms with Crippen molar-refractivity contribution in [1.29, 1.82) is 0 Å². The van der Waals surface area contributed by atoms with Gasteiger partial charge in [-0.25, -0.2) is 0 Å². The number of aromatic nitrogens is 1. The second-order valence-corrected chi connectivity index (χ2v) is 7.43. The van der Waals surface area contributed by atoms with Gasteiger partial charge < -0.3 is 20.1 Å². The summed E-state index contributed by atoms with van der Waals surface area (Å²) in [6.45, 7) is 3.41. The SMILES string of the molecule is CCCC(=O)Nc1ccc(CNC(=NC)N(C)Cc2cc(Br)cn2C)cc1. The zero-order chi connectivity index (χ0) is 19.8. The van der Waals surface area contributed by atoms with Gasteiger partial charge in [0.15, 0.2) is 5.96 Å². The summed E-state index contributed by atoms with van der Waals surface area (Å²) in [4.78, 5) is 18.1. The number of aliphatic imine (C=N–C) groups is 1. The van der Waals surface area contributed by atoms with Crippen LogP contribution in [0.5, 0.6) is 0 Å². The fourth-order valence-electron chi connectivity index (χ4n) is 2.76. The molecule has 146 valence electrons. The molecule has 0 saturated heterocycles. The number of halogens is 1. The molecule has 1 aromatic heterocycles. The van der Waals surface area contributed by atoms with E-state index in [2.05, 4.69) is 47.1 Å². The molecule has 0 fully saturated rings. The number of carbonyl (C=O) groups is 1. The van der Waals surface area contributed by atoms with Crippen LogP contribution in [0.2, 0.25) is 0 Å². The van der Waals surface area contributed by atoms with Crippen LogP contribution in [0.25, 0.3) is 0 Å². The van der Waals surface area contributed by atoms with Gasteiger partial charge in [0, 0.05) is 56.2 Å². The standard InChI is InChI=1S/C20H28BrN5O/c1-5-6-19(27)24-17-9-7-15(8-10-17)12-23-20(22-2)26(4)14-18-11-16(21)13-25(18)3/h7-11,13H,5-6,12,14H2,1-4H3,(H,22,23)(H,24,27). The molecule has 2 N–H and O–H groups in total. The maximum atomic E-state index is 11.7. The Balaban J connectivity index is 1.89. The molecule has 1 aromatic carbocycles. The third-order valence-corrected chi connectivity index (χ3v) is 4.65. The zero-order valence-electron chi connectivity index (χ0n) is 16.4. The third kappa shape index (κ3) is 6.43. The monoisotopic (exact) mass is 433 g/mol. The highest BCUT2D eigenvalue weighted by Crippen LogP contribution is 2.15. The number of hydrogen-bond donors (Lipinski definition) is 2. The van der Waals surface area contributed by atoms with Crippen LogP contribution < -0.4 is 10.6 Å². The van der Waals surface area contributed by atoms with Gasteiger partial charge in [0.25, 0.3) is 0 Å². The van der Waals surface area contributed by atoms with E-state index in [0.29, 0.717) is 13.0 Å². The van der Waals surface area contributed by atoms with E-state index < -0.39 is 0 Å². The summed E-state index contributed by atoms with van der Waals surface area (Å²) >= 11 is 3.51. The lowest BCUT2D eigenvalue weighted by molar-refractivity contribution is -0.116. The molecule has 0 bridgehead atoms. The van der Waals surface area contributed by atoms with E-state index >= 15 is 0 Å². The predicted octanol–water partition coefficient (Wildman–Crippen LogP) is 3.73. The van der Waals surface area contributed by atoms with Gasteiger partial charge in [0.1, 0.15) is 0 Å². The van der Waals surface area contributed by atoms with Crippen molar-refractivity contribution in [3.63, 3.8) is 0 Å². The molecule has 0 saturated carbocycles. The topological polar surface area (TPSA) is 61.7 Å². The summed E-state index contributed by atoms with van der Waals surface area (Å²) in [5, 5.41) is 6.28. The van der Waals surface area contributed by atoms with E-state index in [-0.39, 0.29) is 5.91 Å². The van der Waals surface area contributed by atoms with Crippen LogP contribution in [0, 0.1) is 0 Å². The first-order valence-corrected chi connectivity index (χ1v) is 9.83. The van der Waals surface area contributed by atoms with Gasteiger partial charge in [-0.1, -0.05) is 19.1 Å². The number of aryl methyl sites for hydroxylation is 1. The highest BCUT2D eigenvalue weighted by molar-refractivity contribution is 9.10. The van der Waals surface area contributed by atoms with Crippen molar-refractivity contribution in [1.82, 2.24) is 14.8 Å². The molecular weight excluding hydrogens is 406 g/mol. The Labute approximate surface area is 169 Å². The van der Waals surface area contributed by atoms with Gasteiger partial charge >= 0.3 is 0 Å². The molecule has 0 aliphatic carbocycles. The largest absolute Gasteiger partial charge is 0.352 e. The molecule has 2 aromatic rings. The highest BCUT2D eigenvalue weighted by atomic mass is 79.9. The van der Waals surface area contributed by atoms with Gasteiger partial charge in [-0.2, -0.15) is 0 Å². The fraction of sp³-hybridized carbons (Fsp3) is 0.400. The molecule has 0 radical (unpaired) electrons. The average molecular weight is 434 g/mol. The summed E-state index contributed by atoms with van der Waals surface area (Å²) in [7, 11) is 5.83. The average Bonchev–Trinajstić information content (AvgIpc) is 2.94. The molecule has 1 amide bonds. The number of rotatable bonds is 7. The van der Waals surface area contributed by atoms with Crippen molar-refractivity contribution < 1.29 is 4.79 Å². The molecule has 0 unspecified atom stereocenters. The van der Waals surface area contributed by atoms with E-state index in [0.717, 1.165) is 34.6 Å². The number of hydrogen-bond acceptors (Lipinski definition) is 2. The number of anilines is 1. The summed E-state index contributed by atoms with van der Waals surface area (Å²) in [5.41, 5.74) is 3.15. The Kier molecular flexibility index (Phi) is 7.91. The Morgan fingerprint density at radius 1 is 1.30 bits per heavy atom. The van der Waals surface area contributed by atoms with Gasteiger partial charge in [0.05, 0.1) is 6.54 Å². The molecule has 0 atom stereocenters. The Hall–Kier alpha value is -2.28. The molecule has 7 heteroatoms. The summed E-state index contributed by atoms with van der Waals surface area (Å²) in [6, 6.07) is 9.98. The lowest BCUT2D eigenvalue weighted by Crippen LogP contribution is -2.38. The Morgan fingerprint density at radius 3 is 2.56 bits per heavy atom. The summed E-state index contributed by atoms with van der Waals surface area (Å²) in [5.74, 6) is 0.880. The first kappa shape index (κ1) is 21.0. The minimum absolute atomic E-state index is 0.0534. The first-order chi connectivity index (χ1) is 12.9. The van der Waals surface area contributed by atoms with Crippen molar-refractivity contribution in [2.45, 2.75) is 32.9 Å². The lowest BCUT2D eigenvalue weighted by Gasteiger charge is -2.22. The zero-order valence-corrected chi connectivity index (χ0v) is 18.0. The lowest BCUT2D eigenvalue weighted by atomic mass is 10.2. The van der Waals surface area contributed by atoms with Crippen molar-refractivity contribution in [2.24, 2.45) is 12.0 Å². The van der Waals surface area contributed by atoms with E-state index in [1.807, 2.05) is 51.5 Å². The number of benzene rings is 1. The second kappa shape index (κ2) is 10.2. The smallest absolute Gasteiger partial charge is 0.224 e. The number of guanidine groups is 1. The maximum absolute atomic E-state index is 11.7. The van der Waals surface area contributed by atoms with E-state index in [4.69, 9.17) is 0 Å². The van der Waals surface area contributed by atoms with Crippen molar-refractivity contribution in [3.05, 3.63) is 52.3 Å². The van der Waals surface area contributed by atoms with Gasteiger partial charge in [-0.05, 0) is 46.1 Å². The minimum Gasteiger partial charge on any atom is -0.352 e. The molecule has 1 heterocycles. The Bertz CT molecular complexity index is 782. The normalized spacial score (nSPS) is 11.4. The van der Waals surface area contributed by atoms with Crippen LogP contribution in [-0.2, 0) is 24.9 Å². The number of amides is 1. The van der Waals surface area contributed by atoms with Gasteiger partial charge in [-0.15, -0.1) is 0 Å². The number of nitrogens with zero attached hydrogens (tertiary/aromatic N) is 3. The first-order valence-electron chi connectivity index (χ1n) is 9.04. The van der Waals surface area contributed by atoms with Crippen LogP contribution in [0.15, 0.2) is 46.0 Å². The van der Waals surface area contributed by atoms with E-state index in [9.17, 15) is 4.79 Å². The molecular formula is C20H28BrN5O. The van der Waals surface area contributed by atoms with Gasteiger partial charge in [-0.3, -0.25) is 9.79 Å². The molecule has 27 heavy (non-hydrogen) atoms. The fourth-order valence-corrected chi connectivity index (χ4v) is 3.33. The maximum Gasteiger partial charge on any atom is 0.224 e. The van der Waals surface area contributed by atoms with Crippen molar-refractivity contribution >= 4 is 33.5 Å². The molecule has 0 aliphatic rings. The molecule has 0 spiro atoms. The van der Waals surface area contributed by atoms with Crippen LogP contribution in [0.1, 0.15) is 31.0 Å². The molecule has 6 nitrogen and oxygen atoms in total. The minimum atomic E-state index is 0.0534. The number of carbonyl (C=O) groups excluding carboxylic acids is 1. The predicted molar refractivity (Wildman–Crippen MR) is 115 cm³/mol. The Morgan fingerprint density at radius 2 is 2.00 bits per heavy atom. The summed E-state index contributed by atoms with van der Waals surface area (Å²) in [6.07, 6.45) is 3.43. The molecule has 0 aliphatic heterocycles. The van der Waals surface area contributed by atoms with Crippen molar-refractivity contribution in [2.75, 3.05) is 19.4 Å². The van der Waals surface area contributed by atoms with Crippen LogP contribution >= 0.6 is 15.9 Å². The summed E-state index contributed by atoms with van der Waals surface area (Å²) < 4.78 is 3.17. The third-order valence-electron chi connectivity index (χ3n) is 4.21. The molecule has 2 rings (SSSR count). The van der Waals surface area contributed by atoms with Gasteiger partial charge in [0.2, 0.25) is 5.91 Å². The van der Waals surface area contributed by atoms with Crippen LogP contribution in [0.4, 0.5) is 5.69 Å². The van der Waals surface area contributed by atoms with Crippen molar-refractivity contribution in [3.8, 4) is 0 Å². The van der Waals surface area contributed by atoms with Crippen LogP contribution in [-0.4, -0.2) is 35.4 Å². The van der Waals surface area contributed by atoms with Crippen LogP contribution in [0.3, 0.4) is 0 Å². The quantitative estimate of drug-likeness (QED) is 0.516. The number of nitrogens with one attached hydrogen (secondary N) is 2. The van der Waals surface area contributed by atoms with E-state index in [1.165, 1.54) is 5.69 Å².